The molecular weight excluding hydrogens is 285 g/mol. The minimum absolute atomic E-state index is 0.171. The van der Waals surface area contributed by atoms with E-state index in [9.17, 15) is 4.39 Å². The Hall–Kier alpha value is -1.38. The zero-order valence-corrected chi connectivity index (χ0v) is 13.0. The van der Waals surface area contributed by atoms with Crippen molar-refractivity contribution in [3.8, 4) is 0 Å². The molecule has 0 aliphatic rings. The van der Waals surface area contributed by atoms with Gasteiger partial charge in [0.05, 0.1) is 0 Å². The molecule has 3 heteroatoms. The third-order valence-corrected chi connectivity index (χ3v) is 3.80. The Kier molecular flexibility index (Phi) is 6.21. The maximum atomic E-state index is 13.1. The highest BCUT2D eigenvalue weighted by Crippen LogP contribution is 2.20. The summed E-state index contributed by atoms with van der Waals surface area (Å²) in [5.74, 6) is -0.171. The molecule has 112 valence electrons. The van der Waals surface area contributed by atoms with E-state index in [1.54, 1.807) is 12.1 Å². The molecule has 0 saturated heterocycles. The minimum Gasteiger partial charge on any atom is -0.310 e. The van der Waals surface area contributed by atoms with Crippen LogP contribution in [0.5, 0.6) is 0 Å². The van der Waals surface area contributed by atoms with Gasteiger partial charge >= 0.3 is 0 Å². The number of nitrogens with one attached hydrogen (secondary N) is 1. The smallest absolute Gasteiger partial charge is 0.123 e. The summed E-state index contributed by atoms with van der Waals surface area (Å²) in [7, 11) is 0. The molecular formula is C18H21ClFN. The monoisotopic (exact) mass is 305 g/mol. The molecule has 1 unspecified atom stereocenters. The van der Waals surface area contributed by atoms with Crippen molar-refractivity contribution in [1.29, 1.82) is 0 Å². The quantitative estimate of drug-likeness (QED) is 0.745. The predicted molar refractivity (Wildman–Crippen MR) is 87.2 cm³/mol. The summed E-state index contributed by atoms with van der Waals surface area (Å²) in [4.78, 5) is 0. The first-order valence-electron chi connectivity index (χ1n) is 7.42. The van der Waals surface area contributed by atoms with Crippen LogP contribution in [-0.4, -0.2) is 6.54 Å². The Labute approximate surface area is 131 Å². The van der Waals surface area contributed by atoms with Crippen molar-refractivity contribution in [2.45, 2.75) is 32.2 Å². The van der Waals surface area contributed by atoms with Gasteiger partial charge in [0.25, 0.3) is 0 Å². The second-order valence-corrected chi connectivity index (χ2v) is 5.66. The van der Waals surface area contributed by atoms with Crippen LogP contribution in [0.1, 0.15) is 36.9 Å². The fourth-order valence-corrected chi connectivity index (χ4v) is 2.58. The molecule has 0 heterocycles. The Morgan fingerprint density at radius 3 is 2.57 bits per heavy atom. The summed E-state index contributed by atoms with van der Waals surface area (Å²) in [5, 5.41) is 4.32. The van der Waals surface area contributed by atoms with Crippen LogP contribution >= 0.6 is 11.6 Å². The normalized spacial score (nSPS) is 12.3. The Morgan fingerprint density at radius 1 is 1.14 bits per heavy atom. The molecule has 2 aromatic rings. The second kappa shape index (κ2) is 8.16. The van der Waals surface area contributed by atoms with Crippen molar-refractivity contribution in [1.82, 2.24) is 5.32 Å². The van der Waals surface area contributed by atoms with E-state index in [4.69, 9.17) is 11.6 Å². The van der Waals surface area contributed by atoms with Crippen LogP contribution in [-0.2, 0) is 6.42 Å². The zero-order valence-electron chi connectivity index (χ0n) is 12.3. The van der Waals surface area contributed by atoms with E-state index in [0.717, 1.165) is 36.4 Å². The van der Waals surface area contributed by atoms with Crippen LogP contribution in [0, 0.1) is 5.82 Å². The van der Waals surface area contributed by atoms with E-state index in [1.165, 1.54) is 11.6 Å². The third kappa shape index (κ3) is 5.14. The van der Waals surface area contributed by atoms with Crippen LogP contribution in [0.4, 0.5) is 4.39 Å². The average Bonchev–Trinajstić information content (AvgIpc) is 2.47. The van der Waals surface area contributed by atoms with Gasteiger partial charge in [0.15, 0.2) is 0 Å². The average molecular weight is 306 g/mol. The maximum Gasteiger partial charge on any atom is 0.123 e. The molecule has 0 radical (unpaired) electrons. The predicted octanol–water partition coefficient (Wildman–Crippen LogP) is 5.15. The first kappa shape index (κ1) is 16.0. The van der Waals surface area contributed by atoms with Gasteiger partial charge < -0.3 is 5.32 Å². The van der Waals surface area contributed by atoms with Gasteiger partial charge in [0, 0.05) is 11.1 Å². The van der Waals surface area contributed by atoms with Crippen LogP contribution in [0.3, 0.4) is 0 Å². The van der Waals surface area contributed by atoms with Crippen molar-refractivity contribution < 1.29 is 4.39 Å². The van der Waals surface area contributed by atoms with Crippen molar-refractivity contribution in [3.63, 3.8) is 0 Å². The molecule has 1 atom stereocenters. The maximum absolute atomic E-state index is 13.1. The lowest BCUT2D eigenvalue weighted by Gasteiger charge is -2.19. The van der Waals surface area contributed by atoms with Gasteiger partial charge in [-0.05, 0) is 54.8 Å². The van der Waals surface area contributed by atoms with E-state index < -0.39 is 0 Å². The molecule has 0 bridgehead atoms. The van der Waals surface area contributed by atoms with Crippen LogP contribution in [0.25, 0.3) is 0 Å². The number of hydrogen-bond acceptors (Lipinski definition) is 1. The first-order chi connectivity index (χ1) is 10.2. The molecule has 0 aliphatic heterocycles. The van der Waals surface area contributed by atoms with Crippen LogP contribution < -0.4 is 5.32 Å². The molecule has 2 rings (SSSR count). The second-order valence-electron chi connectivity index (χ2n) is 5.23. The van der Waals surface area contributed by atoms with Crippen molar-refractivity contribution in [2.24, 2.45) is 0 Å². The SMILES string of the molecule is CCCC(NCCc1cccc(F)c1)c1ccc(Cl)cc1. The minimum atomic E-state index is -0.171. The molecule has 0 fully saturated rings. The van der Waals surface area contributed by atoms with Crippen LogP contribution in [0.15, 0.2) is 48.5 Å². The first-order valence-corrected chi connectivity index (χ1v) is 7.80. The van der Waals surface area contributed by atoms with Crippen LogP contribution in [0.2, 0.25) is 5.02 Å². The fourth-order valence-electron chi connectivity index (χ4n) is 2.45. The van der Waals surface area contributed by atoms with Gasteiger partial charge in [-0.1, -0.05) is 49.2 Å². The molecule has 0 amide bonds. The number of benzene rings is 2. The van der Waals surface area contributed by atoms with Gasteiger partial charge in [0.1, 0.15) is 5.82 Å². The molecule has 1 nitrogen and oxygen atoms in total. The Bertz CT molecular complexity index is 553. The summed E-state index contributed by atoms with van der Waals surface area (Å²) in [6, 6.07) is 15.1. The molecule has 0 spiro atoms. The zero-order chi connectivity index (χ0) is 15.1. The topological polar surface area (TPSA) is 12.0 Å². The lowest BCUT2D eigenvalue weighted by molar-refractivity contribution is 0.497. The van der Waals surface area contributed by atoms with E-state index >= 15 is 0 Å². The molecule has 0 saturated carbocycles. The van der Waals surface area contributed by atoms with Gasteiger partial charge in [-0.25, -0.2) is 4.39 Å². The van der Waals surface area contributed by atoms with Gasteiger partial charge in [-0.2, -0.15) is 0 Å². The van der Waals surface area contributed by atoms with E-state index in [0.29, 0.717) is 6.04 Å². The van der Waals surface area contributed by atoms with E-state index in [1.807, 2.05) is 18.2 Å². The van der Waals surface area contributed by atoms with Crippen molar-refractivity contribution >= 4 is 11.6 Å². The molecule has 1 N–H and O–H groups in total. The lowest BCUT2D eigenvalue weighted by atomic mass is 10.0. The summed E-state index contributed by atoms with van der Waals surface area (Å²) < 4.78 is 13.1. The third-order valence-electron chi connectivity index (χ3n) is 3.54. The van der Waals surface area contributed by atoms with Gasteiger partial charge in [0.2, 0.25) is 0 Å². The van der Waals surface area contributed by atoms with Crippen molar-refractivity contribution in [3.05, 3.63) is 70.5 Å². The standard InChI is InChI=1S/C18H21ClFN/c1-2-4-18(15-7-9-16(19)10-8-15)21-12-11-14-5-3-6-17(20)13-14/h3,5-10,13,18,21H,2,4,11-12H2,1H3. The fraction of sp³-hybridized carbons (Fsp3) is 0.333. The van der Waals surface area contributed by atoms with Gasteiger partial charge in [-0.3, -0.25) is 0 Å². The molecule has 21 heavy (non-hydrogen) atoms. The number of halogens is 2. The molecule has 0 aromatic heterocycles. The van der Waals surface area contributed by atoms with Gasteiger partial charge in [-0.15, -0.1) is 0 Å². The summed E-state index contributed by atoms with van der Waals surface area (Å²) >= 11 is 5.94. The summed E-state index contributed by atoms with van der Waals surface area (Å²) in [5.41, 5.74) is 2.27. The lowest BCUT2D eigenvalue weighted by Crippen LogP contribution is -2.23. The Morgan fingerprint density at radius 2 is 1.90 bits per heavy atom. The van der Waals surface area contributed by atoms with E-state index in [2.05, 4.69) is 24.4 Å². The summed E-state index contributed by atoms with van der Waals surface area (Å²) in [6.45, 7) is 3.01. The highest BCUT2D eigenvalue weighted by Gasteiger charge is 2.09. The Balaban J connectivity index is 1.92. The highest BCUT2D eigenvalue weighted by atomic mass is 35.5. The summed E-state index contributed by atoms with van der Waals surface area (Å²) in [6.07, 6.45) is 3.01. The van der Waals surface area contributed by atoms with E-state index in [-0.39, 0.29) is 5.82 Å². The van der Waals surface area contributed by atoms with Crippen molar-refractivity contribution in [2.75, 3.05) is 6.54 Å². The highest BCUT2D eigenvalue weighted by molar-refractivity contribution is 6.30. The number of hydrogen-bond donors (Lipinski definition) is 1. The largest absolute Gasteiger partial charge is 0.310 e. The molecule has 0 aliphatic carbocycles. The number of rotatable bonds is 7. The molecule has 2 aromatic carbocycles.